The van der Waals surface area contributed by atoms with Gasteiger partial charge in [0.25, 0.3) is 0 Å². The van der Waals surface area contributed by atoms with Gasteiger partial charge in [-0.05, 0) is 30.9 Å². The summed E-state index contributed by atoms with van der Waals surface area (Å²) >= 11 is 0. The van der Waals surface area contributed by atoms with Crippen LogP contribution in [0.3, 0.4) is 0 Å². The quantitative estimate of drug-likeness (QED) is 0.911. The minimum atomic E-state index is 0.586. The van der Waals surface area contributed by atoms with Gasteiger partial charge in [0.05, 0.1) is 0 Å². The van der Waals surface area contributed by atoms with Gasteiger partial charge in [-0.2, -0.15) is 0 Å². The van der Waals surface area contributed by atoms with Crippen LogP contribution in [0.4, 0.5) is 0 Å². The zero-order chi connectivity index (χ0) is 15.2. The maximum Gasteiger partial charge on any atom is 0.0261 e. The van der Waals surface area contributed by atoms with Crippen molar-refractivity contribution in [3.63, 3.8) is 0 Å². The predicted octanol–water partition coefficient (Wildman–Crippen LogP) is 3.13. The van der Waals surface area contributed by atoms with Gasteiger partial charge < -0.3 is 5.32 Å². The summed E-state index contributed by atoms with van der Waals surface area (Å²) in [5, 5.41) is 3.64. The minimum absolute atomic E-state index is 0.586. The van der Waals surface area contributed by atoms with Crippen LogP contribution >= 0.6 is 0 Å². The number of rotatable bonds is 5. The molecule has 0 spiro atoms. The summed E-state index contributed by atoms with van der Waals surface area (Å²) < 4.78 is 0. The van der Waals surface area contributed by atoms with Crippen molar-refractivity contribution in [2.75, 3.05) is 19.6 Å². The Morgan fingerprint density at radius 3 is 2.27 bits per heavy atom. The van der Waals surface area contributed by atoms with Crippen LogP contribution in [0.1, 0.15) is 18.1 Å². The van der Waals surface area contributed by atoms with Gasteiger partial charge in [-0.25, -0.2) is 0 Å². The summed E-state index contributed by atoms with van der Waals surface area (Å²) in [6.45, 7) is 5.66. The second kappa shape index (κ2) is 7.57. The molecule has 1 aliphatic rings. The van der Waals surface area contributed by atoms with Gasteiger partial charge in [-0.1, -0.05) is 60.7 Å². The fourth-order valence-corrected chi connectivity index (χ4v) is 3.31. The number of nitrogens with one attached hydrogen (secondary N) is 1. The van der Waals surface area contributed by atoms with Crippen LogP contribution in [0.15, 0.2) is 60.7 Å². The Labute approximate surface area is 134 Å². The van der Waals surface area contributed by atoms with E-state index in [0.717, 1.165) is 32.5 Å². The molecule has 2 unspecified atom stereocenters. The van der Waals surface area contributed by atoms with E-state index < -0.39 is 0 Å². The van der Waals surface area contributed by atoms with E-state index in [4.69, 9.17) is 0 Å². The molecular formula is C20H26N2. The molecule has 0 saturated carbocycles. The number of hydrogen-bond donors (Lipinski definition) is 1. The van der Waals surface area contributed by atoms with Crippen molar-refractivity contribution in [1.82, 2.24) is 10.2 Å². The molecule has 0 aromatic heterocycles. The molecule has 2 nitrogen and oxygen atoms in total. The van der Waals surface area contributed by atoms with Crippen molar-refractivity contribution in [3.8, 4) is 0 Å². The molecule has 1 aliphatic heterocycles. The summed E-state index contributed by atoms with van der Waals surface area (Å²) in [5.74, 6) is 0. The first-order valence-electron chi connectivity index (χ1n) is 8.36. The minimum Gasteiger partial charge on any atom is -0.311 e. The lowest BCUT2D eigenvalue weighted by Crippen LogP contribution is -2.56. The average molecular weight is 294 g/mol. The van der Waals surface area contributed by atoms with Crippen molar-refractivity contribution in [2.45, 2.75) is 31.8 Å². The van der Waals surface area contributed by atoms with Crippen LogP contribution in [0.2, 0.25) is 0 Å². The molecule has 0 bridgehead atoms. The maximum absolute atomic E-state index is 3.64. The van der Waals surface area contributed by atoms with E-state index in [9.17, 15) is 0 Å². The van der Waals surface area contributed by atoms with E-state index in [2.05, 4.69) is 77.8 Å². The highest BCUT2D eigenvalue weighted by molar-refractivity contribution is 5.17. The van der Waals surface area contributed by atoms with E-state index in [1.807, 2.05) is 0 Å². The fraction of sp³-hybridized carbons (Fsp3) is 0.400. The van der Waals surface area contributed by atoms with Crippen LogP contribution in [0, 0.1) is 0 Å². The second-order valence-corrected chi connectivity index (χ2v) is 6.38. The van der Waals surface area contributed by atoms with Gasteiger partial charge in [0.1, 0.15) is 0 Å². The standard InChI is InChI=1S/C20H26N2/c1-17-16-22(13-12-18-8-4-2-5-9-18)20(15-21-17)14-19-10-6-3-7-11-19/h2-11,17,20-21H,12-16H2,1H3. The van der Waals surface area contributed by atoms with Gasteiger partial charge in [-0.3, -0.25) is 4.90 Å². The molecule has 1 heterocycles. The molecule has 2 aromatic carbocycles. The molecule has 0 amide bonds. The topological polar surface area (TPSA) is 15.3 Å². The Bertz CT molecular complexity index is 552. The second-order valence-electron chi connectivity index (χ2n) is 6.38. The average Bonchev–Trinajstić information content (AvgIpc) is 2.57. The lowest BCUT2D eigenvalue weighted by Gasteiger charge is -2.39. The molecule has 2 aromatic rings. The summed E-state index contributed by atoms with van der Waals surface area (Å²) in [6, 6.07) is 22.9. The molecule has 22 heavy (non-hydrogen) atoms. The van der Waals surface area contributed by atoms with Gasteiger partial charge >= 0.3 is 0 Å². The summed E-state index contributed by atoms with van der Waals surface area (Å²) in [7, 11) is 0. The Kier molecular flexibility index (Phi) is 5.25. The molecule has 2 atom stereocenters. The molecule has 1 fully saturated rings. The normalized spacial score (nSPS) is 22.6. The largest absolute Gasteiger partial charge is 0.311 e. The van der Waals surface area contributed by atoms with Crippen LogP contribution in [-0.2, 0) is 12.8 Å². The Balaban J connectivity index is 1.62. The summed E-state index contributed by atoms with van der Waals surface area (Å²) in [5.41, 5.74) is 2.88. The highest BCUT2D eigenvalue weighted by Crippen LogP contribution is 2.14. The van der Waals surface area contributed by atoms with Gasteiger partial charge in [0.15, 0.2) is 0 Å². The smallest absolute Gasteiger partial charge is 0.0261 e. The molecular weight excluding hydrogens is 268 g/mol. The maximum atomic E-state index is 3.64. The van der Waals surface area contributed by atoms with Gasteiger partial charge in [0.2, 0.25) is 0 Å². The summed E-state index contributed by atoms with van der Waals surface area (Å²) in [6.07, 6.45) is 2.27. The molecule has 1 saturated heterocycles. The monoisotopic (exact) mass is 294 g/mol. The first-order valence-corrected chi connectivity index (χ1v) is 8.36. The molecule has 1 N–H and O–H groups in total. The van der Waals surface area contributed by atoms with Crippen molar-refractivity contribution in [3.05, 3.63) is 71.8 Å². The number of nitrogens with zero attached hydrogens (tertiary/aromatic N) is 1. The molecule has 0 radical (unpaired) electrons. The van der Waals surface area contributed by atoms with Gasteiger partial charge in [-0.15, -0.1) is 0 Å². The molecule has 3 rings (SSSR count). The van der Waals surface area contributed by atoms with Gasteiger partial charge in [0, 0.05) is 31.7 Å². The SMILES string of the molecule is CC1CN(CCc2ccccc2)C(Cc2ccccc2)CN1. The first kappa shape index (κ1) is 15.3. The third-order valence-corrected chi connectivity index (χ3v) is 4.57. The zero-order valence-electron chi connectivity index (χ0n) is 13.4. The third-order valence-electron chi connectivity index (χ3n) is 4.57. The van der Waals surface area contributed by atoms with Crippen LogP contribution in [0.25, 0.3) is 0 Å². The Morgan fingerprint density at radius 1 is 0.955 bits per heavy atom. The van der Waals surface area contributed by atoms with Crippen molar-refractivity contribution in [2.24, 2.45) is 0 Å². The van der Waals surface area contributed by atoms with E-state index in [1.165, 1.54) is 11.1 Å². The lowest BCUT2D eigenvalue weighted by molar-refractivity contribution is 0.136. The van der Waals surface area contributed by atoms with Crippen LogP contribution in [0.5, 0.6) is 0 Å². The van der Waals surface area contributed by atoms with Crippen LogP contribution < -0.4 is 5.32 Å². The highest BCUT2D eigenvalue weighted by atomic mass is 15.2. The van der Waals surface area contributed by atoms with E-state index in [0.29, 0.717) is 12.1 Å². The predicted molar refractivity (Wildman–Crippen MR) is 93.1 cm³/mol. The van der Waals surface area contributed by atoms with E-state index in [-0.39, 0.29) is 0 Å². The van der Waals surface area contributed by atoms with E-state index >= 15 is 0 Å². The Morgan fingerprint density at radius 2 is 1.59 bits per heavy atom. The first-order chi connectivity index (χ1) is 10.8. The van der Waals surface area contributed by atoms with Crippen LogP contribution in [-0.4, -0.2) is 36.6 Å². The summed E-state index contributed by atoms with van der Waals surface area (Å²) in [4.78, 5) is 2.67. The number of piperazine rings is 1. The third kappa shape index (κ3) is 4.19. The zero-order valence-corrected chi connectivity index (χ0v) is 13.4. The molecule has 0 aliphatic carbocycles. The molecule has 2 heteroatoms. The highest BCUT2D eigenvalue weighted by Gasteiger charge is 2.25. The lowest BCUT2D eigenvalue weighted by atomic mass is 10.0. The number of benzene rings is 2. The Hall–Kier alpha value is -1.64. The van der Waals surface area contributed by atoms with Crippen molar-refractivity contribution in [1.29, 1.82) is 0 Å². The fourth-order valence-electron chi connectivity index (χ4n) is 3.31. The van der Waals surface area contributed by atoms with Crippen molar-refractivity contribution >= 4 is 0 Å². The van der Waals surface area contributed by atoms with E-state index in [1.54, 1.807) is 0 Å². The van der Waals surface area contributed by atoms with Crippen molar-refractivity contribution < 1.29 is 0 Å². The molecule has 116 valence electrons. The number of hydrogen-bond acceptors (Lipinski definition) is 2.